The van der Waals surface area contributed by atoms with E-state index in [0.717, 1.165) is 11.6 Å². The average molecular weight is 241 g/mol. The van der Waals surface area contributed by atoms with E-state index >= 15 is 0 Å². The molecule has 2 aromatic rings. The molecule has 2 nitrogen and oxygen atoms in total. The van der Waals surface area contributed by atoms with Gasteiger partial charge >= 0.3 is 5.63 Å². The summed E-state index contributed by atoms with van der Waals surface area (Å²) < 4.78 is 18.4. The van der Waals surface area contributed by atoms with Crippen LogP contribution in [0, 0.1) is 5.82 Å². The van der Waals surface area contributed by atoms with Crippen molar-refractivity contribution < 1.29 is 8.81 Å². The van der Waals surface area contributed by atoms with Crippen LogP contribution in [0.1, 0.15) is 25.3 Å². The van der Waals surface area contributed by atoms with Crippen LogP contribution in [0.15, 0.2) is 27.6 Å². The highest BCUT2D eigenvalue weighted by molar-refractivity contribution is 6.31. The van der Waals surface area contributed by atoms with E-state index in [1.165, 1.54) is 6.26 Å². The summed E-state index contributed by atoms with van der Waals surface area (Å²) >= 11 is 5.78. The Bertz CT molecular complexity index is 602. The Kier molecular flexibility index (Phi) is 2.72. The van der Waals surface area contributed by atoms with Crippen LogP contribution in [0.3, 0.4) is 0 Å². The second kappa shape index (κ2) is 3.91. The highest BCUT2D eigenvalue weighted by atomic mass is 35.5. The van der Waals surface area contributed by atoms with Gasteiger partial charge in [-0.25, -0.2) is 9.18 Å². The van der Waals surface area contributed by atoms with Crippen LogP contribution < -0.4 is 5.63 Å². The minimum Gasteiger partial charge on any atom is -0.430 e. The SMILES string of the molecule is CC(C)c1coc(=O)c2c(F)cc(Cl)cc12. The number of halogens is 2. The third-order valence-corrected chi connectivity index (χ3v) is 2.70. The maximum atomic E-state index is 13.6. The number of hydrogen-bond donors (Lipinski definition) is 0. The van der Waals surface area contributed by atoms with E-state index in [4.69, 9.17) is 16.0 Å². The third kappa shape index (κ3) is 1.71. The average Bonchev–Trinajstić information content (AvgIpc) is 2.15. The van der Waals surface area contributed by atoms with Crippen molar-refractivity contribution in [3.8, 4) is 0 Å². The van der Waals surface area contributed by atoms with Crippen LogP contribution in [0.5, 0.6) is 0 Å². The van der Waals surface area contributed by atoms with Crippen molar-refractivity contribution in [1.82, 2.24) is 0 Å². The molecule has 16 heavy (non-hydrogen) atoms. The lowest BCUT2D eigenvalue weighted by molar-refractivity contribution is 0.505. The fourth-order valence-electron chi connectivity index (χ4n) is 1.70. The van der Waals surface area contributed by atoms with Gasteiger partial charge in [-0.2, -0.15) is 0 Å². The van der Waals surface area contributed by atoms with Crippen LogP contribution in [0.25, 0.3) is 10.8 Å². The predicted octanol–water partition coefficient (Wildman–Crippen LogP) is 3.71. The molecule has 0 bridgehead atoms. The summed E-state index contributed by atoms with van der Waals surface area (Å²) in [5.41, 5.74) is 0.101. The largest absolute Gasteiger partial charge is 0.430 e. The van der Waals surface area contributed by atoms with E-state index in [1.807, 2.05) is 13.8 Å². The van der Waals surface area contributed by atoms with Crippen molar-refractivity contribution in [3.05, 3.63) is 45.2 Å². The molecule has 0 aliphatic heterocycles. The second-order valence-corrected chi connectivity index (χ2v) is 4.38. The third-order valence-electron chi connectivity index (χ3n) is 2.49. The Morgan fingerprint density at radius 3 is 2.69 bits per heavy atom. The lowest BCUT2D eigenvalue weighted by Crippen LogP contribution is -2.04. The molecule has 0 fully saturated rings. The Morgan fingerprint density at radius 1 is 1.38 bits per heavy atom. The standard InChI is InChI=1S/C12H10ClFO2/c1-6(2)9-5-16-12(15)11-8(9)3-7(13)4-10(11)14/h3-6H,1-2H3. The predicted molar refractivity (Wildman–Crippen MR) is 61.5 cm³/mol. The van der Waals surface area contributed by atoms with Crippen LogP contribution in [0.4, 0.5) is 4.39 Å². The first-order valence-electron chi connectivity index (χ1n) is 4.91. The summed E-state index contributed by atoms with van der Waals surface area (Å²) in [6, 6.07) is 2.71. The van der Waals surface area contributed by atoms with Gasteiger partial charge in [0.25, 0.3) is 0 Å². The number of hydrogen-bond acceptors (Lipinski definition) is 2. The van der Waals surface area contributed by atoms with Gasteiger partial charge in [0, 0.05) is 5.02 Å². The molecule has 0 spiro atoms. The Labute approximate surface area is 96.6 Å². The van der Waals surface area contributed by atoms with Gasteiger partial charge in [-0.05, 0) is 29.0 Å². The van der Waals surface area contributed by atoms with Crippen molar-refractivity contribution in [2.75, 3.05) is 0 Å². The molecular formula is C12H10ClFO2. The summed E-state index contributed by atoms with van der Waals surface area (Å²) in [5.74, 6) is -0.511. The number of benzene rings is 1. The minimum absolute atomic E-state index is 0.0319. The molecule has 4 heteroatoms. The van der Waals surface area contributed by atoms with E-state index in [2.05, 4.69) is 0 Å². The molecule has 0 radical (unpaired) electrons. The zero-order chi connectivity index (χ0) is 11.9. The lowest BCUT2D eigenvalue weighted by Gasteiger charge is -2.08. The van der Waals surface area contributed by atoms with Gasteiger partial charge in [-0.3, -0.25) is 0 Å². The molecule has 2 rings (SSSR count). The molecule has 0 atom stereocenters. The molecule has 0 unspecified atom stereocenters. The topological polar surface area (TPSA) is 30.2 Å². The summed E-state index contributed by atoms with van der Waals surface area (Å²) in [6.45, 7) is 3.88. The molecule has 0 saturated carbocycles. The minimum atomic E-state index is -0.673. The smallest absolute Gasteiger partial charge is 0.346 e. The molecule has 1 aromatic heterocycles. The van der Waals surface area contributed by atoms with Gasteiger partial charge in [0.1, 0.15) is 11.2 Å². The van der Waals surface area contributed by atoms with Crippen molar-refractivity contribution in [2.45, 2.75) is 19.8 Å². The molecule has 0 saturated heterocycles. The molecule has 0 N–H and O–H groups in total. The lowest BCUT2D eigenvalue weighted by atomic mass is 9.99. The van der Waals surface area contributed by atoms with Crippen LogP contribution in [-0.4, -0.2) is 0 Å². The van der Waals surface area contributed by atoms with E-state index in [1.54, 1.807) is 6.07 Å². The Morgan fingerprint density at radius 2 is 2.06 bits per heavy atom. The summed E-state index contributed by atoms with van der Waals surface area (Å²) in [5, 5.41) is 0.768. The second-order valence-electron chi connectivity index (χ2n) is 3.94. The Balaban J connectivity index is 2.98. The van der Waals surface area contributed by atoms with E-state index < -0.39 is 11.4 Å². The molecule has 84 valence electrons. The number of fused-ring (bicyclic) bond motifs is 1. The molecule has 0 aliphatic carbocycles. The van der Waals surface area contributed by atoms with Gasteiger partial charge in [-0.15, -0.1) is 0 Å². The molecular weight excluding hydrogens is 231 g/mol. The summed E-state index contributed by atoms with van der Waals surface area (Å²) in [7, 11) is 0. The van der Waals surface area contributed by atoms with Gasteiger partial charge < -0.3 is 4.42 Å². The van der Waals surface area contributed by atoms with Gasteiger partial charge in [0.05, 0.1) is 6.26 Å². The first-order chi connectivity index (χ1) is 7.50. The summed E-state index contributed by atoms with van der Waals surface area (Å²) in [6.07, 6.45) is 1.37. The van der Waals surface area contributed by atoms with Crippen molar-refractivity contribution in [2.24, 2.45) is 0 Å². The normalized spacial score (nSPS) is 11.3. The zero-order valence-electron chi connectivity index (χ0n) is 8.88. The van der Waals surface area contributed by atoms with E-state index in [9.17, 15) is 9.18 Å². The monoisotopic (exact) mass is 240 g/mol. The molecule has 1 heterocycles. The quantitative estimate of drug-likeness (QED) is 0.761. The maximum Gasteiger partial charge on any atom is 0.346 e. The Hall–Kier alpha value is -1.35. The van der Waals surface area contributed by atoms with Crippen LogP contribution >= 0.6 is 11.6 Å². The van der Waals surface area contributed by atoms with Crippen molar-refractivity contribution >= 4 is 22.4 Å². The van der Waals surface area contributed by atoms with Gasteiger partial charge in [-0.1, -0.05) is 25.4 Å². The van der Waals surface area contributed by atoms with E-state index in [0.29, 0.717) is 5.39 Å². The number of rotatable bonds is 1. The fraction of sp³-hybridized carbons (Fsp3) is 0.250. The van der Waals surface area contributed by atoms with Crippen molar-refractivity contribution in [1.29, 1.82) is 0 Å². The first kappa shape index (κ1) is 11.1. The summed E-state index contributed by atoms with van der Waals surface area (Å²) in [4.78, 5) is 11.4. The fourth-order valence-corrected chi connectivity index (χ4v) is 1.90. The van der Waals surface area contributed by atoms with Crippen molar-refractivity contribution in [3.63, 3.8) is 0 Å². The first-order valence-corrected chi connectivity index (χ1v) is 5.29. The molecule has 0 amide bonds. The van der Waals surface area contributed by atoms with E-state index in [-0.39, 0.29) is 16.3 Å². The maximum absolute atomic E-state index is 13.6. The van der Waals surface area contributed by atoms with Crippen LogP contribution in [-0.2, 0) is 0 Å². The van der Waals surface area contributed by atoms with Gasteiger partial charge in [0.15, 0.2) is 0 Å². The van der Waals surface area contributed by atoms with Gasteiger partial charge in [0.2, 0.25) is 0 Å². The highest BCUT2D eigenvalue weighted by Crippen LogP contribution is 2.27. The van der Waals surface area contributed by atoms with Crippen LogP contribution in [0.2, 0.25) is 5.02 Å². The highest BCUT2D eigenvalue weighted by Gasteiger charge is 2.14. The zero-order valence-corrected chi connectivity index (χ0v) is 9.64. The molecule has 0 aliphatic rings. The molecule has 1 aromatic carbocycles.